The van der Waals surface area contributed by atoms with E-state index in [-0.39, 0.29) is 23.7 Å². The molecule has 0 spiro atoms. The van der Waals surface area contributed by atoms with Gasteiger partial charge in [-0.05, 0) is 45.7 Å². The van der Waals surface area contributed by atoms with E-state index < -0.39 is 5.60 Å². The monoisotopic (exact) mass is 391 g/mol. The van der Waals surface area contributed by atoms with Gasteiger partial charge in [0, 0.05) is 39.3 Å². The summed E-state index contributed by atoms with van der Waals surface area (Å²) in [6.45, 7) is 8.89. The van der Waals surface area contributed by atoms with E-state index in [1.165, 1.54) is 6.07 Å². The molecule has 0 radical (unpaired) electrons. The predicted octanol–water partition coefficient (Wildman–Crippen LogP) is 3.12. The number of amides is 2. The number of likely N-dealkylation sites (tertiary alicyclic amines) is 1. The average molecular weight is 391 g/mol. The molecule has 2 amide bonds. The topological polar surface area (TPSA) is 53.1 Å². The number of para-hydroxylation sites is 1. The smallest absolute Gasteiger partial charge is 0.410 e. The molecule has 2 saturated heterocycles. The largest absolute Gasteiger partial charge is 0.444 e. The molecule has 0 bridgehead atoms. The normalized spacial score (nSPS) is 20.9. The van der Waals surface area contributed by atoms with Gasteiger partial charge in [0.15, 0.2) is 0 Å². The van der Waals surface area contributed by atoms with Gasteiger partial charge in [-0.15, -0.1) is 0 Å². The highest BCUT2D eigenvalue weighted by Gasteiger charge is 2.34. The number of anilines is 1. The zero-order chi connectivity index (χ0) is 20.3. The Morgan fingerprint density at radius 2 is 1.71 bits per heavy atom. The van der Waals surface area contributed by atoms with E-state index in [1.807, 2.05) is 36.6 Å². The van der Waals surface area contributed by atoms with Crippen LogP contribution in [0.4, 0.5) is 14.9 Å². The molecule has 2 heterocycles. The highest BCUT2D eigenvalue weighted by Crippen LogP contribution is 2.24. The Morgan fingerprint density at radius 3 is 2.36 bits per heavy atom. The lowest BCUT2D eigenvalue weighted by molar-refractivity contribution is -0.137. The molecule has 2 aliphatic rings. The Labute approximate surface area is 166 Å². The summed E-state index contributed by atoms with van der Waals surface area (Å²) in [4.78, 5) is 30.8. The van der Waals surface area contributed by atoms with Crippen LogP contribution in [0.1, 0.15) is 33.6 Å². The van der Waals surface area contributed by atoms with E-state index in [4.69, 9.17) is 4.74 Å². The lowest BCUT2D eigenvalue weighted by Gasteiger charge is -2.39. The third-order valence-electron chi connectivity index (χ3n) is 5.21. The summed E-state index contributed by atoms with van der Waals surface area (Å²) in [6.07, 6.45) is 1.23. The van der Waals surface area contributed by atoms with Gasteiger partial charge in [0.05, 0.1) is 11.6 Å². The average Bonchev–Trinajstić information content (AvgIpc) is 2.67. The van der Waals surface area contributed by atoms with Crippen molar-refractivity contribution in [2.45, 2.75) is 39.2 Å². The number of hydrogen-bond donors (Lipinski definition) is 0. The minimum Gasteiger partial charge on any atom is -0.444 e. The second kappa shape index (κ2) is 8.37. The van der Waals surface area contributed by atoms with Crippen LogP contribution in [0.25, 0.3) is 0 Å². The lowest BCUT2D eigenvalue weighted by atomic mass is 9.96. The van der Waals surface area contributed by atoms with E-state index in [9.17, 15) is 14.0 Å². The van der Waals surface area contributed by atoms with Crippen LogP contribution in [0.3, 0.4) is 0 Å². The number of hydrogen-bond acceptors (Lipinski definition) is 4. The summed E-state index contributed by atoms with van der Waals surface area (Å²) in [5.74, 6) is -0.342. The minimum atomic E-state index is -0.545. The molecule has 6 nitrogen and oxygen atoms in total. The van der Waals surface area contributed by atoms with Crippen molar-refractivity contribution < 1.29 is 18.7 Å². The van der Waals surface area contributed by atoms with Crippen molar-refractivity contribution in [3.8, 4) is 0 Å². The second-order valence-corrected chi connectivity index (χ2v) is 8.53. The molecule has 0 saturated carbocycles. The number of rotatable bonds is 2. The van der Waals surface area contributed by atoms with Gasteiger partial charge in [0.2, 0.25) is 5.91 Å². The SMILES string of the molecule is CC(C)(C)OC(=O)N1CCCC(C(=O)N2CCN(c3ccccc3F)CC2)C1. The van der Waals surface area contributed by atoms with Gasteiger partial charge in [-0.25, -0.2) is 9.18 Å². The molecule has 3 rings (SSSR count). The quantitative estimate of drug-likeness (QED) is 0.777. The van der Waals surface area contributed by atoms with Crippen molar-refractivity contribution in [1.29, 1.82) is 0 Å². The Bertz CT molecular complexity index is 711. The van der Waals surface area contributed by atoms with Crippen molar-refractivity contribution in [2.75, 3.05) is 44.2 Å². The third-order valence-corrected chi connectivity index (χ3v) is 5.21. The lowest BCUT2D eigenvalue weighted by Crippen LogP contribution is -2.53. The molecule has 2 aliphatic heterocycles. The number of nitrogens with zero attached hydrogens (tertiary/aromatic N) is 3. The van der Waals surface area contributed by atoms with Crippen LogP contribution in [0, 0.1) is 11.7 Å². The summed E-state index contributed by atoms with van der Waals surface area (Å²) in [6, 6.07) is 6.73. The molecule has 2 fully saturated rings. The van der Waals surface area contributed by atoms with Crippen molar-refractivity contribution >= 4 is 17.7 Å². The van der Waals surface area contributed by atoms with E-state index in [1.54, 1.807) is 17.0 Å². The molecule has 0 N–H and O–H groups in total. The predicted molar refractivity (Wildman–Crippen MR) is 106 cm³/mol. The fraction of sp³-hybridized carbons (Fsp3) is 0.619. The maximum atomic E-state index is 14.0. The molecule has 1 atom stereocenters. The van der Waals surface area contributed by atoms with Crippen LogP contribution in [-0.4, -0.2) is 66.7 Å². The molecule has 1 unspecified atom stereocenters. The molecule has 0 aromatic heterocycles. The van der Waals surface area contributed by atoms with Gasteiger partial charge in [-0.2, -0.15) is 0 Å². The summed E-state index contributed by atoms with van der Waals surface area (Å²) in [7, 11) is 0. The molecule has 0 aliphatic carbocycles. The zero-order valence-corrected chi connectivity index (χ0v) is 17.0. The van der Waals surface area contributed by atoms with E-state index in [0.29, 0.717) is 45.0 Å². The standard InChI is InChI=1S/C21H30FN3O3/c1-21(2,3)28-20(27)25-10-6-7-16(15-25)19(26)24-13-11-23(12-14-24)18-9-5-4-8-17(18)22/h4-5,8-9,16H,6-7,10-15H2,1-3H3. The molecular weight excluding hydrogens is 361 g/mol. The van der Waals surface area contributed by atoms with Crippen molar-refractivity contribution in [3.05, 3.63) is 30.1 Å². The molecule has 1 aromatic rings. The van der Waals surface area contributed by atoms with Crippen LogP contribution >= 0.6 is 0 Å². The van der Waals surface area contributed by atoms with E-state index in [2.05, 4.69) is 0 Å². The molecule has 28 heavy (non-hydrogen) atoms. The number of carbonyl (C=O) groups excluding carboxylic acids is 2. The first-order valence-corrected chi connectivity index (χ1v) is 10.0. The Hall–Kier alpha value is -2.31. The highest BCUT2D eigenvalue weighted by molar-refractivity contribution is 5.80. The Balaban J connectivity index is 1.55. The van der Waals surface area contributed by atoms with Gasteiger partial charge in [-0.1, -0.05) is 12.1 Å². The van der Waals surface area contributed by atoms with Gasteiger partial charge in [0.1, 0.15) is 11.4 Å². The molecule has 154 valence electrons. The van der Waals surface area contributed by atoms with Crippen LogP contribution < -0.4 is 4.90 Å². The first-order chi connectivity index (χ1) is 13.2. The second-order valence-electron chi connectivity index (χ2n) is 8.53. The van der Waals surface area contributed by atoms with E-state index in [0.717, 1.165) is 12.8 Å². The number of halogens is 1. The van der Waals surface area contributed by atoms with Gasteiger partial charge >= 0.3 is 6.09 Å². The van der Waals surface area contributed by atoms with Crippen LogP contribution in [0.5, 0.6) is 0 Å². The molecule has 1 aromatic carbocycles. The number of ether oxygens (including phenoxy) is 1. The summed E-state index contributed by atoms with van der Waals surface area (Å²) < 4.78 is 19.4. The summed E-state index contributed by atoms with van der Waals surface area (Å²) in [5, 5.41) is 0. The summed E-state index contributed by atoms with van der Waals surface area (Å²) in [5.41, 5.74) is 0.0419. The minimum absolute atomic E-state index is 0.0847. The third kappa shape index (κ3) is 4.94. The maximum absolute atomic E-state index is 14.0. The highest BCUT2D eigenvalue weighted by atomic mass is 19.1. The number of carbonyl (C=O) groups is 2. The van der Waals surface area contributed by atoms with Crippen molar-refractivity contribution in [2.24, 2.45) is 5.92 Å². The van der Waals surface area contributed by atoms with Crippen molar-refractivity contribution in [3.63, 3.8) is 0 Å². The van der Waals surface area contributed by atoms with Crippen LogP contribution in [0.2, 0.25) is 0 Å². The fourth-order valence-electron chi connectivity index (χ4n) is 3.81. The Morgan fingerprint density at radius 1 is 1.04 bits per heavy atom. The van der Waals surface area contributed by atoms with Crippen LogP contribution in [0.15, 0.2) is 24.3 Å². The first kappa shape index (κ1) is 20.4. The first-order valence-electron chi connectivity index (χ1n) is 10.0. The fourth-order valence-corrected chi connectivity index (χ4v) is 3.81. The van der Waals surface area contributed by atoms with Gasteiger partial charge in [0.25, 0.3) is 0 Å². The number of piperazine rings is 1. The molecule has 7 heteroatoms. The molecular formula is C21H30FN3O3. The van der Waals surface area contributed by atoms with E-state index >= 15 is 0 Å². The van der Waals surface area contributed by atoms with Crippen molar-refractivity contribution in [1.82, 2.24) is 9.80 Å². The summed E-state index contributed by atoms with van der Waals surface area (Å²) >= 11 is 0. The number of piperidine rings is 1. The Kier molecular flexibility index (Phi) is 6.10. The zero-order valence-electron chi connectivity index (χ0n) is 17.0. The van der Waals surface area contributed by atoms with Crippen LogP contribution in [-0.2, 0) is 9.53 Å². The van der Waals surface area contributed by atoms with Gasteiger partial charge in [-0.3, -0.25) is 4.79 Å². The van der Waals surface area contributed by atoms with Gasteiger partial charge < -0.3 is 19.4 Å². The number of benzene rings is 1. The maximum Gasteiger partial charge on any atom is 0.410 e.